The van der Waals surface area contributed by atoms with Crippen LogP contribution in [0.25, 0.3) is 32.9 Å². The lowest BCUT2D eigenvalue weighted by atomic mass is 10.1. The molecule has 4 rings (SSSR count). The maximum absolute atomic E-state index is 10.4. The molecule has 21 heavy (non-hydrogen) atoms. The van der Waals surface area contributed by atoms with Crippen LogP contribution in [0.15, 0.2) is 52.6 Å². The van der Waals surface area contributed by atoms with Gasteiger partial charge in [0.15, 0.2) is 0 Å². The van der Waals surface area contributed by atoms with Crippen molar-refractivity contribution in [1.29, 1.82) is 0 Å². The fourth-order valence-electron chi connectivity index (χ4n) is 2.19. The smallest absolute Gasteiger partial charge is 0.262 e. The van der Waals surface area contributed by atoms with Crippen LogP contribution in [-0.4, -0.2) is 20.2 Å². The van der Waals surface area contributed by atoms with Gasteiger partial charge in [0, 0.05) is 11.6 Å². The van der Waals surface area contributed by atoms with Gasteiger partial charge >= 0.3 is 0 Å². The average molecular weight is 295 g/mol. The molecule has 6 heteroatoms. The van der Waals surface area contributed by atoms with Gasteiger partial charge in [-0.3, -0.25) is 4.98 Å². The molecule has 0 amide bonds. The highest BCUT2D eigenvalue weighted by molar-refractivity contribution is 7.13. The number of hydrogen-bond donors (Lipinski definition) is 1. The maximum Gasteiger partial charge on any atom is 0.262 e. The van der Waals surface area contributed by atoms with E-state index >= 15 is 0 Å². The van der Waals surface area contributed by atoms with Crippen LogP contribution in [0.5, 0.6) is 5.75 Å². The van der Waals surface area contributed by atoms with Gasteiger partial charge in [-0.25, -0.2) is 0 Å². The van der Waals surface area contributed by atoms with Crippen LogP contribution >= 0.6 is 11.3 Å². The SMILES string of the molecule is Oc1c(-c2nc(-c3cncs3)no2)ccc2ccccc12. The summed E-state index contributed by atoms with van der Waals surface area (Å²) in [4.78, 5) is 9.13. The number of thiazole rings is 1. The van der Waals surface area contributed by atoms with Crippen molar-refractivity contribution in [3.8, 4) is 27.9 Å². The van der Waals surface area contributed by atoms with Crippen molar-refractivity contribution in [2.75, 3.05) is 0 Å². The Morgan fingerprint density at radius 1 is 1.10 bits per heavy atom. The molecule has 4 aromatic rings. The summed E-state index contributed by atoms with van der Waals surface area (Å²) in [5, 5.41) is 16.1. The Balaban J connectivity index is 1.85. The van der Waals surface area contributed by atoms with Crippen molar-refractivity contribution >= 4 is 22.1 Å². The highest BCUT2D eigenvalue weighted by Gasteiger charge is 2.16. The molecular formula is C15H9N3O2S. The van der Waals surface area contributed by atoms with E-state index < -0.39 is 0 Å². The molecule has 102 valence electrons. The summed E-state index contributed by atoms with van der Waals surface area (Å²) >= 11 is 1.43. The highest BCUT2D eigenvalue weighted by Crippen LogP contribution is 2.35. The number of fused-ring (bicyclic) bond motifs is 1. The van der Waals surface area contributed by atoms with Crippen LogP contribution in [0.3, 0.4) is 0 Å². The van der Waals surface area contributed by atoms with Crippen molar-refractivity contribution in [3.63, 3.8) is 0 Å². The molecule has 0 atom stereocenters. The first kappa shape index (κ1) is 12.0. The van der Waals surface area contributed by atoms with Gasteiger partial charge in [0.2, 0.25) is 5.82 Å². The third-order valence-electron chi connectivity index (χ3n) is 3.21. The molecule has 0 radical (unpaired) electrons. The van der Waals surface area contributed by atoms with E-state index in [2.05, 4.69) is 15.1 Å². The lowest BCUT2D eigenvalue weighted by Crippen LogP contribution is -1.82. The summed E-state index contributed by atoms with van der Waals surface area (Å²) in [6.45, 7) is 0. The summed E-state index contributed by atoms with van der Waals surface area (Å²) in [5.74, 6) is 0.911. The van der Waals surface area contributed by atoms with Crippen LogP contribution < -0.4 is 0 Å². The third-order valence-corrected chi connectivity index (χ3v) is 3.98. The summed E-state index contributed by atoms with van der Waals surface area (Å²) < 4.78 is 5.26. The predicted octanol–water partition coefficient (Wildman–Crippen LogP) is 3.72. The zero-order valence-corrected chi connectivity index (χ0v) is 11.5. The fourth-order valence-corrected chi connectivity index (χ4v) is 2.73. The Morgan fingerprint density at radius 2 is 2.00 bits per heavy atom. The lowest BCUT2D eigenvalue weighted by molar-refractivity contribution is 0.427. The van der Waals surface area contributed by atoms with Crippen LogP contribution in [-0.2, 0) is 0 Å². The van der Waals surface area contributed by atoms with Crippen LogP contribution in [0.2, 0.25) is 0 Å². The molecule has 0 saturated heterocycles. The zero-order chi connectivity index (χ0) is 14.2. The number of phenolic OH excluding ortho intramolecular Hbond substituents is 1. The van der Waals surface area contributed by atoms with Crippen LogP contribution in [0, 0.1) is 0 Å². The lowest BCUT2D eigenvalue weighted by Gasteiger charge is -2.04. The fraction of sp³-hybridized carbons (Fsp3) is 0. The minimum absolute atomic E-state index is 0.146. The van der Waals surface area contributed by atoms with Gasteiger partial charge in [0.25, 0.3) is 5.89 Å². The minimum Gasteiger partial charge on any atom is -0.506 e. The molecule has 0 saturated carbocycles. The Labute approximate surface area is 123 Å². The van der Waals surface area contributed by atoms with E-state index in [0.29, 0.717) is 17.3 Å². The number of nitrogens with zero attached hydrogens (tertiary/aromatic N) is 3. The average Bonchev–Trinajstić information content (AvgIpc) is 3.19. The number of rotatable bonds is 2. The molecule has 2 aromatic carbocycles. The van der Waals surface area contributed by atoms with E-state index in [1.165, 1.54) is 11.3 Å². The molecule has 2 aromatic heterocycles. The van der Waals surface area contributed by atoms with E-state index in [-0.39, 0.29) is 5.75 Å². The minimum atomic E-state index is 0.146. The maximum atomic E-state index is 10.4. The molecule has 2 heterocycles. The number of aromatic nitrogens is 3. The monoisotopic (exact) mass is 295 g/mol. The van der Waals surface area contributed by atoms with Crippen molar-refractivity contribution in [3.05, 3.63) is 48.1 Å². The molecule has 0 unspecified atom stereocenters. The van der Waals surface area contributed by atoms with Crippen molar-refractivity contribution < 1.29 is 9.63 Å². The Hall–Kier alpha value is -2.73. The summed E-state index contributed by atoms with van der Waals surface area (Å²) in [6, 6.07) is 11.3. The van der Waals surface area contributed by atoms with Crippen LogP contribution in [0.4, 0.5) is 0 Å². The first-order valence-corrected chi connectivity index (χ1v) is 7.14. The molecule has 5 nitrogen and oxygen atoms in total. The first-order chi connectivity index (χ1) is 10.3. The van der Waals surface area contributed by atoms with Gasteiger partial charge in [0.1, 0.15) is 5.75 Å². The summed E-state index contributed by atoms with van der Waals surface area (Å²) in [7, 11) is 0. The zero-order valence-electron chi connectivity index (χ0n) is 10.7. The van der Waals surface area contributed by atoms with Gasteiger partial charge in [-0.2, -0.15) is 4.98 Å². The molecule has 0 aliphatic rings. The van der Waals surface area contributed by atoms with Gasteiger partial charge < -0.3 is 9.63 Å². The Morgan fingerprint density at radius 3 is 2.86 bits per heavy atom. The summed E-state index contributed by atoms with van der Waals surface area (Å²) in [6.07, 6.45) is 1.68. The normalized spacial score (nSPS) is 11.0. The number of aromatic hydroxyl groups is 1. The Bertz CT molecular complexity index is 916. The van der Waals surface area contributed by atoms with E-state index in [1.54, 1.807) is 17.8 Å². The van der Waals surface area contributed by atoms with Gasteiger partial charge in [-0.1, -0.05) is 35.5 Å². The standard InChI is InChI=1S/C15H9N3O2S/c19-13-10-4-2-1-3-9(10)5-6-11(13)15-17-14(18-20-15)12-7-16-8-21-12/h1-8,19H. The number of benzene rings is 2. The number of phenols is 1. The van der Waals surface area contributed by atoms with E-state index in [4.69, 9.17) is 4.52 Å². The van der Waals surface area contributed by atoms with Crippen molar-refractivity contribution in [2.45, 2.75) is 0 Å². The molecule has 0 spiro atoms. The van der Waals surface area contributed by atoms with E-state index in [9.17, 15) is 5.11 Å². The molecule has 1 N–H and O–H groups in total. The second-order valence-corrected chi connectivity index (χ2v) is 5.36. The van der Waals surface area contributed by atoms with E-state index in [1.807, 2.05) is 30.3 Å². The quantitative estimate of drug-likeness (QED) is 0.610. The Kier molecular flexibility index (Phi) is 2.68. The first-order valence-electron chi connectivity index (χ1n) is 6.26. The highest BCUT2D eigenvalue weighted by atomic mass is 32.1. The van der Waals surface area contributed by atoms with Crippen molar-refractivity contribution in [2.24, 2.45) is 0 Å². The molecule has 0 fully saturated rings. The molecular weight excluding hydrogens is 286 g/mol. The van der Waals surface area contributed by atoms with Gasteiger partial charge in [0.05, 0.1) is 16.0 Å². The second-order valence-electron chi connectivity index (χ2n) is 4.47. The van der Waals surface area contributed by atoms with Gasteiger partial charge in [-0.05, 0) is 11.5 Å². The van der Waals surface area contributed by atoms with E-state index in [0.717, 1.165) is 15.6 Å². The predicted molar refractivity (Wildman–Crippen MR) is 80.0 cm³/mol. The van der Waals surface area contributed by atoms with Gasteiger partial charge in [-0.15, -0.1) is 11.3 Å². The molecule has 0 aliphatic heterocycles. The largest absolute Gasteiger partial charge is 0.506 e. The summed E-state index contributed by atoms with van der Waals surface area (Å²) in [5.41, 5.74) is 2.23. The van der Waals surface area contributed by atoms with Crippen molar-refractivity contribution in [1.82, 2.24) is 15.1 Å². The third kappa shape index (κ3) is 1.96. The molecule has 0 bridgehead atoms. The van der Waals surface area contributed by atoms with Crippen LogP contribution in [0.1, 0.15) is 0 Å². The molecule has 0 aliphatic carbocycles. The number of hydrogen-bond acceptors (Lipinski definition) is 6. The topological polar surface area (TPSA) is 72.0 Å². The second kappa shape index (κ2) is 4.68.